The number of fused-ring (bicyclic) bond motifs is 3. The van der Waals surface area contributed by atoms with Gasteiger partial charge < -0.3 is 15.3 Å². The number of anilines is 2. The van der Waals surface area contributed by atoms with E-state index in [1.807, 2.05) is 23.9 Å². The maximum Gasteiger partial charge on any atom is 0.117 e. The number of aromatic hydroxyl groups is 1. The fraction of sp³-hybridized carbons (Fsp3) is 0.400. The first-order valence-electron chi connectivity index (χ1n) is 4.76. The van der Waals surface area contributed by atoms with Crippen LogP contribution in [0.3, 0.4) is 0 Å². The topological polar surface area (TPSA) is 35.5 Å². The number of phenols is 1. The molecule has 2 heterocycles. The standard InChI is InChI=1S/C10H12N2OS/c13-8-1-2-9-10(3-8)12-6-14-5-7(12)4-11-9/h1-3,7,11,13H,4-6H2/t7-/m0/s1. The third-order valence-electron chi connectivity index (χ3n) is 2.80. The molecule has 2 aliphatic heterocycles. The third-order valence-corrected chi connectivity index (χ3v) is 3.88. The molecule has 0 unspecified atom stereocenters. The summed E-state index contributed by atoms with van der Waals surface area (Å²) in [6, 6.07) is 6.12. The average molecular weight is 208 g/mol. The van der Waals surface area contributed by atoms with Gasteiger partial charge in [0.05, 0.1) is 23.3 Å². The van der Waals surface area contributed by atoms with Crippen LogP contribution in [0.4, 0.5) is 11.4 Å². The summed E-state index contributed by atoms with van der Waals surface area (Å²) >= 11 is 1.95. The van der Waals surface area contributed by atoms with E-state index in [1.54, 1.807) is 6.07 Å². The van der Waals surface area contributed by atoms with Gasteiger partial charge in [0.2, 0.25) is 0 Å². The second-order valence-corrected chi connectivity index (χ2v) is 4.71. The highest BCUT2D eigenvalue weighted by molar-refractivity contribution is 7.99. The molecule has 3 rings (SSSR count). The highest BCUT2D eigenvalue weighted by Crippen LogP contribution is 2.38. The van der Waals surface area contributed by atoms with Gasteiger partial charge in [-0.15, -0.1) is 11.8 Å². The Balaban J connectivity index is 2.07. The zero-order valence-electron chi connectivity index (χ0n) is 7.73. The Hall–Kier alpha value is -1.03. The van der Waals surface area contributed by atoms with E-state index in [0.29, 0.717) is 11.8 Å². The van der Waals surface area contributed by atoms with Crippen molar-refractivity contribution >= 4 is 23.1 Å². The molecule has 2 aliphatic rings. The van der Waals surface area contributed by atoms with Crippen molar-refractivity contribution in [3.8, 4) is 5.75 Å². The summed E-state index contributed by atoms with van der Waals surface area (Å²) in [4.78, 5) is 2.37. The summed E-state index contributed by atoms with van der Waals surface area (Å²) in [5.74, 6) is 2.58. The summed E-state index contributed by atoms with van der Waals surface area (Å²) in [5, 5.41) is 12.8. The van der Waals surface area contributed by atoms with Gasteiger partial charge >= 0.3 is 0 Å². The molecule has 0 bridgehead atoms. The number of rotatable bonds is 0. The Morgan fingerprint density at radius 3 is 3.36 bits per heavy atom. The first kappa shape index (κ1) is 8.29. The lowest BCUT2D eigenvalue weighted by Gasteiger charge is -2.33. The molecule has 1 aromatic carbocycles. The lowest BCUT2D eigenvalue weighted by molar-refractivity contribution is 0.475. The van der Waals surface area contributed by atoms with E-state index in [2.05, 4.69) is 10.2 Å². The van der Waals surface area contributed by atoms with Crippen LogP contribution in [0.2, 0.25) is 0 Å². The first-order valence-corrected chi connectivity index (χ1v) is 5.91. The van der Waals surface area contributed by atoms with E-state index < -0.39 is 0 Å². The molecule has 0 radical (unpaired) electrons. The molecule has 1 aromatic rings. The van der Waals surface area contributed by atoms with Gasteiger partial charge in [-0.1, -0.05) is 0 Å². The van der Waals surface area contributed by atoms with Crippen molar-refractivity contribution in [3.05, 3.63) is 18.2 Å². The Labute approximate surface area is 87.1 Å². The van der Waals surface area contributed by atoms with Crippen LogP contribution in [0.1, 0.15) is 0 Å². The maximum absolute atomic E-state index is 9.45. The molecule has 1 fully saturated rings. The van der Waals surface area contributed by atoms with Gasteiger partial charge in [-0.2, -0.15) is 0 Å². The van der Waals surface area contributed by atoms with E-state index in [4.69, 9.17) is 0 Å². The van der Waals surface area contributed by atoms with Crippen molar-refractivity contribution in [2.24, 2.45) is 0 Å². The summed E-state index contributed by atoms with van der Waals surface area (Å²) in [5.41, 5.74) is 2.28. The number of thioether (sulfide) groups is 1. The van der Waals surface area contributed by atoms with Gasteiger partial charge in [0.1, 0.15) is 5.75 Å². The molecule has 1 saturated heterocycles. The predicted molar refractivity (Wildman–Crippen MR) is 60.2 cm³/mol. The lowest BCUT2D eigenvalue weighted by Crippen LogP contribution is -2.40. The Morgan fingerprint density at radius 2 is 2.43 bits per heavy atom. The normalized spacial score (nSPS) is 24.0. The summed E-state index contributed by atoms with van der Waals surface area (Å²) in [6.07, 6.45) is 0. The third kappa shape index (κ3) is 1.14. The SMILES string of the molecule is Oc1ccc2c(c1)N1CSC[C@@H]1CN2. The van der Waals surface area contributed by atoms with E-state index in [0.717, 1.165) is 23.8 Å². The minimum Gasteiger partial charge on any atom is -0.508 e. The van der Waals surface area contributed by atoms with Gasteiger partial charge in [-0.25, -0.2) is 0 Å². The van der Waals surface area contributed by atoms with Crippen molar-refractivity contribution in [2.75, 3.05) is 28.4 Å². The highest BCUT2D eigenvalue weighted by Gasteiger charge is 2.30. The summed E-state index contributed by atoms with van der Waals surface area (Å²) in [7, 11) is 0. The van der Waals surface area contributed by atoms with Crippen LogP contribution in [0.25, 0.3) is 0 Å². The fourth-order valence-electron chi connectivity index (χ4n) is 2.05. The highest BCUT2D eigenvalue weighted by atomic mass is 32.2. The van der Waals surface area contributed by atoms with Crippen LogP contribution in [0.5, 0.6) is 5.75 Å². The van der Waals surface area contributed by atoms with E-state index in [9.17, 15) is 5.11 Å². The molecule has 0 amide bonds. The number of hydrogen-bond donors (Lipinski definition) is 2. The van der Waals surface area contributed by atoms with Crippen LogP contribution in [0, 0.1) is 0 Å². The van der Waals surface area contributed by atoms with Crippen molar-refractivity contribution in [1.82, 2.24) is 0 Å². The molecule has 4 heteroatoms. The van der Waals surface area contributed by atoms with E-state index >= 15 is 0 Å². The van der Waals surface area contributed by atoms with E-state index in [-0.39, 0.29) is 0 Å². The Kier molecular flexibility index (Phi) is 1.77. The number of nitrogens with zero attached hydrogens (tertiary/aromatic N) is 1. The number of hydrogen-bond acceptors (Lipinski definition) is 4. The van der Waals surface area contributed by atoms with Gasteiger partial charge in [-0.05, 0) is 12.1 Å². The number of nitrogens with one attached hydrogen (secondary N) is 1. The molecule has 74 valence electrons. The fourth-order valence-corrected chi connectivity index (χ4v) is 3.27. The average Bonchev–Trinajstić information content (AvgIpc) is 2.65. The summed E-state index contributed by atoms with van der Waals surface area (Å²) in [6.45, 7) is 1.02. The van der Waals surface area contributed by atoms with Crippen LogP contribution < -0.4 is 10.2 Å². The van der Waals surface area contributed by atoms with Gasteiger partial charge in [0.15, 0.2) is 0 Å². The number of phenolic OH excluding ortho intramolecular Hbond substituents is 1. The molecule has 1 atom stereocenters. The largest absolute Gasteiger partial charge is 0.508 e. The molecule has 14 heavy (non-hydrogen) atoms. The molecule has 0 saturated carbocycles. The van der Waals surface area contributed by atoms with Gasteiger partial charge in [0.25, 0.3) is 0 Å². The lowest BCUT2D eigenvalue weighted by atomic mass is 10.1. The first-order chi connectivity index (χ1) is 6.84. The Bertz CT molecular complexity index is 369. The Morgan fingerprint density at radius 1 is 1.50 bits per heavy atom. The molecular formula is C10H12N2OS. The maximum atomic E-state index is 9.45. The van der Waals surface area contributed by atoms with Crippen LogP contribution in [0.15, 0.2) is 18.2 Å². The second kappa shape index (κ2) is 2.98. The van der Waals surface area contributed by atoms with Gasteiger partial charge in [-0.3, -0.25) is 0 Å². The summed E-state index contributed by atoms with van der Waals surface area (Å²) < 4.78 is 0. The van der Waals surface area contributed by atoms with Gasteiger partial charge in [0, 0.05) is 18.4 Å². The second-order valence-electron chi connectivity index (χ2n) is 3.71. The van der Waals surface area contributed by atoms with Crippen LogP contribution >= 0.6 is 11.8 Å². The quantitative estimate of drug-likeness (QED) is 0.636. The monoisotopic (exact) mass is 208 g/mol. The van der Waals surface area contributed by atoms with Crippen LogP contribution in [-0.2, 0) is 0 Å². The van der Waals surface area contributed by atoms with Crippen molar-refractivity contribution in [2.45, 2.75) is 6.04 Å². The van der Waals surface area contributed by atoms with Crippen molar-refractivity contribution in [3.63, 3.8) is 0 Å². The minimum atomic E-state index is 0.350. The molecule has 0 aromatic heterocycles. The zero-order valence-corrected chi connectivity index (χ0v) is 8.55. The van der Waals surface area contributed by atoms with Crippen molar-refractivity contribution < 1.29 is 5.11 Å². The van der Waals surface area contributed by atoms with Crippen LogP contribution in [-0.4, -0.2) is 29.3 Å². The molecule has 0 spiro atoms. The minimum absolute atomic E-state index is 0.350. The number of benzene rings is 1. The molecular weight excluding hydrogens is 196 g/mol. The zero-order chi connectivity index (χ0) is 9.54. The van der Waals surface area contributed by atoms with Crippen molar-refractivity contribution in [1.29, 1.82) is 0 Å². The predicted octanol–water partition coefficient (Wildman–Crippen LogP) is 1.70. The molecule has 2 N–H and O–H groups in total. The van der Waals surface area contributed by atoms with E-state index in [1.165, 1.54) is 5.75 Å². The molecule has 3 nitrogen and oxygen atoms in total. The smallest absolute Gasteiger partial charge is 0.117 e. The molecule has 0 aliphatic carbocycles.